The van der Waals surface area contributed by atoms with Crippen LogP contribution in [0.1, 0.15) is 31.2 Å². The summed E-state index contributed by atoms with van der Waals surface area (Å²) in [6.07, 6.45) is 4.71. The number of hydrogen-bond donors (Lipinski definition) is 0. The summed E-state index contributed by atoms with van der Waals surface area (Å²) in [5, 5.41) is 10.6. The van der Waals surface area contributed by atoms with E-state index in [1.165, 1.54) is 11.6 Å². The van der Waals surface area contributed by atoms with E-state index in [9.17, 15) is 14.9 Å². The molecule has 0 saturated heterocycles. The molecule has 0 aromatic heterocycles. The van der Waals surface area contributed by atoms with Gasteiger partial charge in [0, 0.05) is 25.0 Å². The maximum Gasteiger partial charge on any atom is 0.270 e. The van der Waals surface area contributed by atoms with Gasteiger partial charge in [-0.3, -0.25) is 14.9 Å². The summed E-state index contributed by atoms with van der Waals surface area (Å²) in [7, 11) is 0. The number of nitro groups is 1. The third-order valence-electron chi connectivity index (χ3n) is 2.90. The van der Waals surface area contributed by atoms with Crippen LogP contribution in [0.25, 0.3) is 6.08 Å². The molecule has 0 bridgehead atoms. The van der Waals surface area contributed by atoms with Crippen LogP contribution in [0.4, 0.5) is 5.69 Å². The largest absolute Gasteiger partial charge is 0.300 e. The van der Waals surface area contributed by atoms with Crippen LogP contribution in [0, 0.1) is 10.1 Å². The van der Waals surface area contributed by atoms with Gasteiger partial charge in [-0.2, -0.15) is 0 Å². The predicted molar refractivity (Wildman–Crippen MR) is 64.5 cm³/mol. The summed E-state index contributed by atoms with van der Waals surface area (Å²) in [6.45, 7) is 0. The first-order valence-corrected chi connectivity index (χ1v) is 5.61. The summed E-state index contributed by atoms with van der Waals surface area (Å²) in [5.74, 6) is 0.307. The predicted octanol–water partition coefficient (Wildman–Crippen LogP) is 3.12. The molecule has 1 aromatic carbocycles. The molecule has 1 aliphatic rings. The van der Waals surface area contributed by atoms with Crippen molar-refractivity contribution in [3.8, 4) is 0 Å². The summed E-state index contributed by atoms with van der Waals surface area (Å²) in [6, 6.07) is 6.56. The molecule has 0 radical (unpaired) electrons. The van der Waals surface area contributed by atoms with Crippen molar-refractivity contribution in [2.75, 3.05) is 0 Å². The van der Waals surface area contributed by atoms with Crippen molar-refractivity contribution >= 4 is 17.5 Å². The van der Waals surface area contributed by atoms with Gasteiger partial charge in [-0.25, -0.2) is 0 Å². The van der Waals surface area contributed by atoms with Gasteiger partial charge in [0.1, 0.15) is 5.78 Å². The van der Waals surface area contributed by atoms with Gasteiger partial charge in [-0.15, -0.1) is 0 Å². The first-order valence-electron chi connectivity index (χ1n) is 5.61. The molecule has 1 aromatic rings. The zero-order chi connectivity index (χ0) is 12.3. The maximum absolute atomic E-state index is 11.1. The van der Waals surface area contributed by atoms with E-state index in [0.29, 0.717) is 18.6 Å². The molecular weight excluding hydrogens is 218 g/mol. The van der Waals surface area contributed by atoms with E-state index < -0.39 is 4.92 Å². The first kappa shape index (κ1) is 11.5. The van der Waals surface area contributed by atoms with E-state index in [-0.39, 0.29) is 5.69 Å². The van der Waals surface area contributed by atoms with Gasteiger partial charge in [-0.05, 0) is 18.4 Å². The highest BCUT2D eigenvalue weighted by Crippen LogP contribution is 2.24. The number of non-ortho nitro benzene ring substituents is 1. The molecule has 2 rings (SSSR count). The monoisotopic (exact) mass is 231 g/mol. The third kappa shape index (κ3) is 3.00. The first-order chi connectivity index (χ1) is 8.15. The molecule has 1 fully saturated rings. The van der Waals surface area contributed by atoms with Crippen molar-refractivity contribution < 1.29 is 9.72 Å². The molecule has 0 spiro atoms. The van der Waals surface area contributed by atoms with Gasteiger partial charge < -0.3 is 0 Å². The van der Waals surface area contributed by atoms with Crippen LogP contribution in [-0.2, 0) is 4.79 Å². The van der Waals surface area contributed by atoms with Crippen molar-refractivity contribution in [3.63, 3.8) is 0 Å². The second kappa shape index (κ2) is 4.91. The van der Waals surface area contributed by atoms with E-state index in [1.807, 2.05) is 12.1 Å². The lowest BCUT2D eigenvalue weighted by Crippen LogP contribution is -2.05. The number of benzene rings is 1. The van der Waals surface area contributed by atoms with Crippen molar-refractivity contribution in [2.45, 2.75) is 25.7 Å². The van der Waals surface area contributed by atoms with Crippen LogP contribution >= 0.6 is 0 Å². The summed E-state index contributed by atoms with van der Waals surface area (Å²) in [5.41, 5.74) is 2.14. The number of carbonyl (C=O) groups excluding carboxylic acids is 1. The minimum atomic E-state index is -0.396. The van der Waals surface area contributed by atoms with Gasteiger partial charge in [0.2, 0.25) is 0 Å². The number of rotatable bonds is 2. The number of ketones is 1. The highest BCUT2D eigenvalue weighted by molar-refractivity contribution is 5.80. The highest BCUT2D eigenvalue weighted by atomic mass is 16.6. The Kier molecular flexibility index (Phi) is 3.32. The Morgan fingerprint density at radius 1 is 1.18 bits per heavy atom. The maximum atomic E-state index is 11.1. The minimum absolute atomic E-state index is 0.103. The van der Waals surface area contributed by atoms with Crippen molar-refractivity contribution in [3.05, 3.63) is 45.5 Å². The quantitative estimate of drug-likeness (QED) is 0.580. The van der Waals surface area contributed by atoms with Crippen molar-refractivity contribution in [1.82, 2.24) is 0 Å². The van der Waals surface area contributed by atoms with Gasteiger partial charge in [0.25, 0.3) is 5.69 Å². The molecular formula is C13H13NO3. The fraction of sp³-hybridized carbons (Fsp3) is 0.308. The number of Topliss-reactive ketones (excluding diaryl/α,β-unsaturated/α-hetero) is 1. The Bertz CT molecular complexity index is 479. The third-order valence-corrected chi connectivity index (χ3v) is 2.90. The summed E-state index contributed by atoms with van der Waals surface area (Å²) in [4.78, 5) is 21.3. The fourth-order valence-corrected chi connectivity index (χ4v) is 1.96. The molecule has 0 aliphatic heterocycles. The van der Waals surface area contributed by atoms with Gasteiger partial charge >= 0.3 is 0 Å². The SMILES string of the molecule is O=C1CCC(=Cc2cccc([N+](=O)[O-])c2)CC1. The molecule has 4 heteroatoms. The lowest BCUT2D eigenvalue weighted by atomic mass is 9.92. The van der Waals surface area contributed by atoms with E-state index in [1.54, 1.807) is 12.1 Å². The number of allylic oxidation sites excluding steroid dienone is 1. The average Bonchev–Trinajstić information content (AvgIpc) is 2.32. The Labute approximate surface area is 99.1 Å². The number of nitrogens with zero attached hydrogens (tertiary/aromatic N) is 1. The zero-order valence-electron chi connectivity index (χ0n) is 9.39. The van der Waals surface area contributed by atoms with E-state index in [0.717, 1.165) is 18.4 Å². The lowest BCUT2D eigenvalue weighted by Gasteiger charge is -2.12. The Morgan fingerprint density at radius 3 is 2.53 bits per heavy atom. The zero-order valence-corrected chi connectivity index (χ0v) is 9.39. The van der Waals surface area contributed by atoms with E-state index in [4.69, 9.17) is 0 Å². The lowest BCUT2D eigenvalue weighted by molar-refractivity contribution is -0.384. The van der Waals surface area contributed by atoms with Crippen molar-refractivity contribution in [1.29, 1.82) is 0 Å². The van der Waals surface area contributed by atoms with Crippen LogP contribution in [0.2, 0.25) is 0 Å². The molecule has 0 atom stereocenters. The molecule has 4 nitrogen and oxygen atoms in total. The number of carbonyl (C=O) groups is 1. The van der Waals surface area contributed by atoms with Crippen LogP contribution < -0.4 is 0 Å². The molecule has 0 heterocycles. The summed E-state index contributed by atoms with van der Waals surface area (Å²) < 4.78 is 0. The van der Waals surface area contributed by atoms with Crippen LogP contribution in [-0.4, -0.2) is 10.7 Å². The number of nitro benzene ring substituents is 1. The smallest absolute Gasteiger partial charge is 0.270 e. The molecule has 0 unspecified atom stereocenters. The molecule has 0 N–H and O–H groups in total. The Morgan fingerprint density at radius 2 is 1.88 bits per heavy atom. The average molecular weight is 231 g/mol. The topological polar surface area (TPSA) is 60.2 Å². The Hall–Kier alpha value is -1.97. The minimum Gasteiger partial charge on any atom is -0.300 e. The van der Waals surface area contributed by atoms with Crippen molar-refractivity contribution in [2.24, 2.45) is 0 Å². The Balaban J connectivity index is 2.17. The molecule has 17 heavy (non-hydrogen) atoms. The molecule has 1 aliphatic carbocycles. The van der Waals surface area contributed by atoms with Crippen LogP contribution in [0.5, 0.6) is 0 Å². The molecule has 88 valence electrons. The second-order valence-electron chi connectivity index (χ2n) is 4.19. The van der Waals surface area contributed by atoms with Gasteiger partial charge in [-0.1, -0.05) is 23.8 Å². The highest BCUT2D eigenvalue weighted by Gasteiger charge is 2.12. The van der Waals surface area contributed by atoms with Gasteiger partial charge in [0.05, 0.1) is 4.92 Å². The second-order valence-corrected chi connectivity index (χ2v) is 4.19. The summed E-state index contributed by atoms with van der Waals surface area (Å²) >= 11 is 0. The van der Waals surface area contributed by atoms with E-state index >= 15 is 0 Å². The van der Waals surface area contributed by atoms with E-state index in [2.05, 4.69) is 0 Å². The van der Waals surface area contributed by atoms with Crippen LogP contribution in [0.15, 0.2) is 29.8 Å². The standard InChI is InChI=1S/C13H13NO3/c15-13-6-4-10(5-7-13)8-11-2-1-3-12(9-11)14(16)17/h1-3,8-9H,4-7H2. The molecule has 1 saturated carbocycles. The fourth-order valence-electron chi connectivity index (χ4n) is 1.96. The molecule has 0 amide bonds. The van der Waals surface area contributed by atoms with Gasteiger partial charge in [0.15, 0.2) is 0 Å². The number of hydrogen-bond acceptors (Lipinski definition) is 3. The normalized spacial score (nSPS) is 15.8. The van der Waals surface area contributed by atoms with Crippen LogP contribution in [0.3, 0.4) is 0 Å².